The Morgan fingerprint density at radius 3 is 2.93 bits per heavy atom. The monoisotopic (exact) mass is 191 g/mol. The number of hydrogen-bond acceptors (Lipinski definition) is 3. The Hall–Kier alpha value is -1.39. The molecule has 0 amide bonds. The first kappa shape index (κ1) is 9.18. The number of fused-ring (bicyclic) bond motifs is 1. The minimum atomic E-state index is -1.05. The highest BCUT2D eigenvalue weighted by atomic mass is 16.3. The predicted octanol–water partition coefficient (Wildman–Crippen LogP) is 0.729. The molecule has 2 rings (SSSR count). The first-order chi connectivity index (χ1) is 6.65. The van der Waals surface area contributed by atoms with Crippen LogP contribution in [0.15, 0.2) is 24.3 Å². The van der Waals surface area contributed by atoms with Crippen LogP contribution < -0.4 is 5.73 Å². The molecule has 4 N–H and O–H groups in total. The first-order valence-electron chi connectivity index (χ1n) is 4.51. The van der Waals surface area contributed by atoms with Gasteiger partial charge in [-0.1, -0.05) is 18.2 Å². The SMILES string of the molecule is CC(O)(CN)c1[nH]nc2ccccc12. The molecular weight excluding hydrogens is 178 g/mol. The number of rotatable bonds is 2. The zero-order chi connectivity index (χ0) is 10.2. The summed E-state index contributed by atoms with van der Waals surface area (Å²) in [5.41, 5.74) is 5.97. The summed E-state index contributed by atoms with van der Waals surface area (Å²) in [4.78, 5) is 0. The molecule has 0 spiro atoms. The highest BCUT2D eigenvalue weighted by molar-refractivity contribution is 5.81. The van der Waals surface area contributed by atoms with Crippen molar-refractivity contribution >= 4 is 10.9 Å². The normalized spacial score (nSPS) is 15.6. The molecule has 74 valence electrons. The van der Waals surface area contributed by atoms with Crippen molar-refractivity contribution in [2.45, 2.75) is 12.5 Å². The van der Waals surface area contributed by atoms with E-state index < -0.39 is 5.60 Å². The fourth-order valence-electron chi connectivity index (χ4n) is 1.47. The van der Waals surface area contributed by atoms with Gasteiger partial charge in [0.1, 0.15) is 5.60 Å². The van der Waals surface area contributed by atoms with Gasteiger partial charge in [-0.15, -0.1) is 0 Å². The van der Waals surface area contributed by atoms with Crippen molar-refractivity contribution in [3.63, 3.8) is 0 Å². The maximum atomic E-state index is 9.99. The molecule has 1 heterocycles. The van der Waals surface area contributed by atoms with Crippen molar-refractivity contribution in [1.29, 1.82) is 0 Å². The molecule has 1 atom stereocenters. The van der Waals surface area contributed by atoms with Gasteiger partial charge in [0.25, 0.3) is 0 Å². The average Bonchev–Trinajstić information content (AvgIpc) is 2.61. The fraction of sp³-hybridized carbons (Fsp3) is 0.300. The second kappa shape index (κ2) is 3.08. The van der Waals surface area contributed by atoms with E-state index in [-0.39, 0.29) is 6.54 Å². The van der Waals surface area contributed by atoms with E-state index in [0.717, 1.165) is 10.9 Å². The third-order valence-corrected chi connectivity index (χ3v) is 2.40. The molecule has 1 unspecified atom stereocenters. The number of aromatic nitrogens is 2. The van der Waals surface area contributed by atoms with Crippen molar-refractivity contribution < 1.29 is 5.11 Å². The third kappa shape index (κ3) is 1.29. The van der Waals surface area contributed by atoms with Gasteiger partial charge in [0, 0.05) is 11.9 Å². The number of aromatic amines is 1. The first-order valence-corrected chi connectivity index (χ1v) is 4.51. The fourth-order valence-corrected chi connectivity index (χ4v) is 1.47. The average molecular weight is 191 g/mol. The van der Waals surface area contributed by atoms with Crippen molar-refractivity contribution in [1.82, 2.24) is 10.2 Å². The lowest BCUT2D eigenvalue weighted by molar-refractivity contribution is 0.0636. The second-order valence-corrected chi connectivity index (χ2v) is 3.59. The lowest BCUT2D eigenvalue weighted by atomic mass is 9.99. The van der Waals surface area contributed by atoms with Crippen LogP contribution in [0.3, 0.4) is 0 Å². The largest absolute Gasteiger partial charge is 0.383 e. The molecule has 0 aliphatic rings. The molecule has 0 saturated carbocycles. The van der Waals surface area contributed by atoms with Gasteiger partial charge >= 0.3 is 0 Å². The van der Waals surface area contributed by atoms with Crippen LogP contribution in [0.25, 0.3) is 10.9 Å². The van der Waals surface area contributed by atoms with Gasteiger partial charge < -0.3 is 10.8 Å². The molecule has 1 aromatic heterocycles. The maximum Gasteiger partial charge on any atom is 0.116 e. The van der Waals surface area contributed by atoms with Gasteiger partial charge in [-0.3, -0.25) is 5.10 Å². The Morgan fingerprint density at radius 2 is 2.21 bits per heavy atom. The van der Waals surface area contributed by atoms with Gasteiger partial charge in [-0.25, -0.2) is 0 Å². The number of nitrogens with two attached hydrogens (primary N) is 1. The summed E-state index contributed by atoms with van der Waals surface area (Å²) >= 11 is 0. The Labute approximate surface area is 81.7 Å². The Bertz CT molecular complexity index is 447. The number of aliphatic hydroxyl groups is 1. The number of benzene rings is 1. The number of H-pyrrole nitrogens is 1. The molecule has 14 heavy (non-hydrogen) atoms. The number of hydrogen-bond donors (Lipinski definition) is 3. The summed E-state index contributed by atoms with van der Waals surface area (Å²) in [6, 6.07) is 7.62. The molecule has 2 aromatic rings. The van der Waals surface area contributed by atoms with E-state index in [4.69, 9.17) is 5.73 Å². The summed E-state index contributed by atoms with van der Waals surface area (Å²) in [5, 5.41) is 17.8. The summed E-state index contributed by atoms with van der Waals surface area (Å²) in [6.45, 7) is 1.84. The van der Waals surface area contributed by atoms with Crippen LogP contribution in [-0.4, -0.2) is 21.8 Å². The highest BCUT2D eigenvalue weighted by Gasteiger charge is 2.25. The minimum Gasteiger partial charge on any atom is -0.383 e. The Morgan fingerprint density at radius 1 is 1.50 bits per heavy atom. The van der Waals surface area contributed by atoms with E-state index in [1.165, 1.54) is 0 Å². The zero-order valence-corrected chi connectivity index (χ0v) is 7.99. The van der Waals surface area contributed by atoms with Crippen LogP contribution in [0, 0.1) is 0 Å². The second-order valence-electron chi connectivity index (χ2n) is 3.59. The molecule has 4 heteroatoms. The number of para-hydroxylation sites is 1. The smallest absolute Gasteiger partial charge is 0.116 e. The summed E-state index contributed by atoms with van der Waals surface area (Å²) in [6.07, 6.45) is 0. The lowest BCUT2D eigenvalue weighted by Crippen LogP contribution is -2.31. The van der Waals surface area contributed by atoms with Crippen molar-refractivity contribution in [3.05, 3.63) is 30.0 Å². The standard InChI is InChI=1S/C10H13N3O/c1-10(14,6-11)9-7-4-2-3-5-8(7)12-13-9/h2-5,14H,6,11H2,1H3,(H,12,13). The van der Waals surface area contributed by atoms with Gasteiger partial charge in [-0.2, -0.15) is 5.10 Å². The quantitative estimate of drug-likeness (QED) is 0.655. The minimum absolute atomic E-state index is 0.166. The van der Waals surface area contributed by atoms with E-state index in [1.54, 1.807) is 6.92 Å². The number of nitrogens with one attached hydrogen (secondary N) is 1. The van der Waals surface area contributed by atoms with Crippen LogP contribution in [-0.2, 0) is 5.60 Å². The van der Waals surface area contributed by atoms with Crippen LogP contribution in [0.5, 0.6) is 0 Å². The molecule has 0 aliphatic carbocycles. The number of nitrogens with zero attached hydrogens (tertiary/aromatic N) is 1. The van der Waals surface area contributed by atoms with Crippen molar-refractivity contribution in [3.8, 4) is 0 Å². The van der Waals surface area contributed by atoms with E-state index >= 15 is 0 Å². The molecule has 0 bridgehead atoms. The van der Waals surface area contributed by atoms with Gasteiger partial charge in [0.05, 0.1) is 11.2 Å². The lowest BCUT2D eigenvalue weighted by Gasteiger charge is -2.19. The summed E-state index contributed by atoms with van der Waals surface area (Å²) in [7, 11) is 0. The van der Waals surface area contributed by atoms with Crippen molar-refractivity contribution in [2.24, 2.45) is 5.73 Å². The molecule has 0 radical (unpaired) electrons. The van der Waals surface area contributed by atoms with Gasteiger partial charge in [0.15, 0.2) is 0 Å². The molecule has 0 aliphatic heterocycles. The zero-order valence-electron chi connectivity index (χ0n) is 7.99. The van der Waals surface area contributed by atoms with Crippen LogP contribution >= 0.6 is 0 Å². The van der Waals surface area contributed by atoms with Crippen LogP contribution in [0.1, 0.15) is 12.6 Å². The van der Waals surface area contributed by atoms with E-state index in [9.17, 15) is 5.11 Å². The molecule has 4 nitrogen and oxygen atoms in total. The van der Waals surface area contributed by atoms with E-state index in [0.29, 0.717) is 5.69 Å². The van der Waals surface area contributed by atoms with E-state index in [2.05, 4.69) is 10.2 Å². The van der Waals surface area contributed by atoms with E-state index in [1.807, 2.05) is 24.3 Å². The highest BCUT2D eigenvalue weighted by Crippen LogP contribution is 2.24. The summed E-state index contributed by atoms with van der Waals surface area (Å²) < 4.78 is 0. The molecule has 0 saturated heterocycles. The van der Waals surface area contributed by atoms with Crippen LogP contribution in [0.2, 0.25) is 0 Å². The molecular formula is C10H13N3O. The Balaban J connectivity index is 2.64. The van der Waals surface area contributed by atoms with Crippen molar-refractivity contribution in [2.75, 3.05) is 6.54 Å². The molecule has 1 aromatic carbocycles. The third-order valence-electron chi connectivity index (χ3n) is 2.40. The van der Waals surface area contributed by atoms with Gasteiger partial charge in [0.2, 0.25) is 0 Å². The Kier molecular flexibility index (Phi) is 2.02. The van der Waals surface area contributed by atoms with Crippen LogP contribution in [0.4, 0.5) is 0 Å². The topological polar surface area (TPSA) is 74.9 Å². The predicted molar refractivity (Wildman–Crippen MR) is 54.7 cm³/mol. The molecule has 0 fully saturated rings. The maximum absolute atomic E-state index is 9.99. The van der Waals surface area contributed by atoms with Gasteiger partial charge in [-0.05, 0) is 13.0 Å². The summed E-state index contributed by atoms with van der Waals surface area (Å²) in [5.74, 6) is 0.